The minimum Gasteiger partial charge on any atom is -0.354 e. The molecule has 1 unspecified atom stereocenters. The van der Waals surface area contributed by atoms with Crippen LogP contribution in [0.5, 0.6) is 0 Å². The van der Waals surface area contributed by atoms with Gasteiger partial charge in [-0.1, -0.05) is 0 Å². The van der Waals surface area contributed by atoms with E-state index in [9.17, 15) is 13.6 Å². The summed E-state index contributed by atoms with van der Waals surface area (Å²) in [5.41, 5.74) is 4.98. The Labute approximate surface area is 188 Å². The topological polar surface area (TPSA) is 49.0 Å². The van der Waals surface area contributed by atoms with Gasteiger partial charge in [0.1, 0.15) is 0 Å². The van der Waals surface area contributed by atoms with Gasteiger partial charge in [0, 0.05) is 45.4 Å². The average Bonchev–Trinajstić information content (AvgIpc) is 3.31. The van der Waals surface area contributed by atoms with Gasteiger partial charge in [-0.2, -0.15) is 0 Å². The third-order valence-corrected chi connectivity index (χ3v) is 6.34. The van der Waals surface area contributed by atoms with E-state index in [1.165, 1.54) is 0 Å². The molecule has 1 atom stereocenters. The minimum absolute atomic E-state index is 0.0701. The van der Waals surface area contributed by atoms with Crippen molar-refractivity contribution in [2.45, 2.75) is 71.9 Å². The lowest BCUT2D eigenvalue weighted by Gasteiger charge is -2.36. The molecule has 170 valence electrons. The molecule has 3 aromatic rings. The fourth-order valence-electron chi connectivity index (χ4n) is 5.03. The predicted octanol–water partition coefficient (Wildman–Crippen LogP) is 6.10. The van der Waals surface area contributed by atoms with E-state index in [0.717, 1.165) is 41.9 Å². The monoisotopic (exact) mass is 439 g/mol. The van der Waals surface area contributed by atoms with Crippen LogP contribution in [0.1, 0.15) is 60.9 Å². The molecule has 1 fully saturated rings. The molecule has 6 heteroatoms. The van der Waals surface area contributed by atoms with Crippen LogP contribution in [-0.4, -0.2) is 45.2 Å². The largest absolute Gasteiger partial charge is 0.354 e. The zero-order valence-electron chi connectivity index (χ0n) is 19.4. The highest BCUT2D eigenvalue weighted by Crippen LogP contribution is 2.35. The molecule has 1 aliphatic rings. The summed E-state index contributed by atoms with van der Waals surface area (Å²) in [5, 5.41) is 0.693. The van der Waals surface area contributed by atoms with E-state index in [1.807, 2.05) is 38.1 Å². The lowest BCUT2D eigenvalue weighted by Crippen LogP contribution is -2.47. The Balaban J connectivity index is 1.80. The first-order valence-electron chi connectivity index (χ1n) is 11.2. The second-order valence-corrected chi connectivity index (χ2v) is 9.86. The van der Waals surface area contributed by atoms with Gasteiger partial charge in [0.2, 0.25) is 6.43 Å². The van der Waals surface area contributed by atoms with Crippen LogP contribution in [0.15, 0.2) is 30.3 Å². The summed E-state index contributed by atoms with van der Waals surface area (Å²) >= 11 is 0. The number of H-pyrrole nitrogens is 1. The molecule has 2 aromatic heterocycles. The maximum atomic E-state index is 13.6. The van der Waals surface area contributed by atoms with E-state index in [4.69, 9.17) is 0 Å². The summed E-state index contributed by atoms with van der Waals surface area (Å²) in [6.45, 7) is 11.1. The fourth-order valence-corrected chi connectivity index (χ4v) is 5.03. The van der Waals surface area contributed by atoms with Crippen molar-refractivity contribution in [3.05, 3.63) is 52.8 Å². The Kier molecular flexibility index (Phi) is 5.93. The highest BCUT2D eigenvalue weighted by molar-refractivity contribution is 6.04. The van der Waals surface area contributed by atoms with Crippen LogP contribution in [0.4, 0.5) is 8.78 Å². The van der Waals surface area contributed by atoms with Crippen molar-refractivity contribution in [3.8, 4) is 11.3 Å². The number of fused-ring (bicyclic) bond motifs is 1. The maximum Gasteiger partial charge on any atom is 0.242 e. The van der Waals surface area contributed by atoms with Crippen LogP contribution in [0, 0.1) is 13.8 Å². The second-order valence-electron chi connectivity index (χ2n) is 9.86. The van der Waals surface area contributed by atoms with Crippen LogP contribution < -0.4 is 0 Å². The molecule has 0 saturated carbocycles. The van der Waals surface area contributed by atoms with Crippen molar-refractivity contribution in [3.63, 3.8) is 0 Å². The third kappa shape index (κ3) is 4.33. The van der Waals surface area contributed by atoms with E-state index in [0.29, 0.717) is 22.2 Å². The van der Waals surface area contributed by atoms with E-state index in [1.54, 1.807) is 6.07 Å². The van der Waals surface area contributed by atoms with Crippen molar-refractivity contribution in [1.29, 1.82) is 0 Å². The van der Waals surface area contributed by atoms with Gasteiger partial charge < -0.3 is 4.98 Å². The molecule has 1 aliphatic heterocycles. The minimum atomic E-state index is -2.48. The van der Waals surface area contributed by atoms with Gasteiger partial charge in [0.05, 0.1) is 11.7 Å². The summed E-state index contributed by atoms with van der Waals surface area (Å²) in [7, 11) is 0. The number of nitrogens with zero attached hydrogens (tertiary/aromatic N) is 2. The van der Waals surface area contributed by atoms with Gasteiger partial charge >= 0.3 is 0 Å². The Morgan fingerprint density at radius 2 is 1.88 bits per heavy atom. The van der Waals surface area contributed by atoms with E-state index < -0.39 is 6.43 Å². The molecule has 1 saturated heterocycles. The van der Waals surface area contributed by atoms with Gasteiger partial charge in [-0.05, 0) is 89.9 Å². The molecule has 0 spiro atoms. The van der Waals surface area contributed by atoms with Crippen LogP contribution in [0.25, 0.3) is 22.2 Å². The normalized spacial score (nSPS) is 17.6. The first kappa shape index (κ1) is 22.6. The van der Waals surface area contributed by atoms with Crippen molar-refractivity contribution >= 4 is 16.7 Å². The highest BCUT2D eigenvalue weighted by Gasteiger charge is 2.37. The third-order valence-electron chi connectivity index (χ3n) is 6.34. The summed E-state index contributed by atoms with van der Waals surface area (Å²) in [4.78, 5) is 23.4. The maximum absolute atomic E-state index is 13.6. The average molecular weight is 440 g/mol. The zero-order chi connectivity index (χ0) is 23.2. The Morgan fingerprint density at radius 3 is 2.50 bits per heavy atom. The van der Waals surface area contributed by atoms with Crippen molar-refractivity contribution in [2.75, 3.05) is 6.54 Å². The lowest BCUT2D eigenvalue weighted by molar-refractivity contribution is 0.0721. The lowest BCUT2D eigenvalue weighted by atomic mass is 9.96. The Bertz CT molecular complexity index is 1140. The number of alkyl halides is 2. The number of aromatic amines is 1. The van der Waals surface area contributed by atoms with Crippen molar-refractivity contribution < 1.29 is 13.6 Å². The van der Waals surface area contributed by atoms with Crippen LogP contribution >= 0.6 is 0 Å². The number of aromatic nitrogens is 2. The molecule has 4 nitrogen and oxygen atoms in total. The van der Waals surface area contributed by atoms with Crippen LogP contribution in [-0.2, 0) is 6.42 Å². The first-order chi connectivity index (χ1) is 15.0. The number of likely N-dealkylation sites (tertiary alicyclic amines) is 1. The van der Waals surface area contributed by atoms with Crippen LogP contribution in [0.2, 0.25) is 0 Å². The molecule has 32 heavy (non-hydrogen) atoms. The first-order valence-corrected chi connectivity index (χ1v) is 11.2. The summed E-state index contributed by atoms with van der Waals surface area (Å²) in [6.07, 6.45) is -1.04. The zero-order valence-corrected chi connectivity index (χ0v) is 19.4. The van der Waals surface area contributed by atoms with E-state index in [2.05, 4.69) is 35.6 Å². The Morgan fingerprint density at radius 1 is 1.19 bits per heavy atom. The second kappa shape index (κ2) is 8.39. The standard InChI is InChI=1S/C26H31F2N3O/c1-15-11-18(12-16(2)29-15)24-20(14-23(27)28)19-13-17(8-9-21(19)30-24)25(32)22-7-6-10-31(22)26(3,4)5/h8-9,11-13,22-23,30H,6-7,10,14H2,1-5H3. The number of nitrogens with one attached hydrogen (secondary N) is 1. The van der Waals surface area contributed by atoms with E-state index >= 15 is 0 Å². The van der Waals surface area contributed by atoms with Gasteiger partial charge in [0.15, 0.2) is 5.78 Å². The van der Waals surface area contributed by atoms with Crippen molar-refractivity contribution in [2.24, 2.45) is 0 Å². The molecule has 0 aliphatic carbocycles. The summed E-state index contributed by atoms with van der Waals surface area (Å²) < 4.78 is 27.1. The molecular weight excluding hydrogens is 408 g/mol. The number of hydrogen-bond donors (Lipinski definition) is 1. The van der Waals surface area contributed by atoms with Crippen LogP contribution in [0.3, 0.4) is 0 Å². The molecular formula is C26H31F2N3O. The Hall–Kier alpha value is -2.60. The molecule has 1 aromatic carbocycles. The van der Waals surface area contributed by atoms with Gasteiger partial charge in [0.25, 0.3) is 0 Å². The number of benzene rings is 1. The number of carbonyl (C=O) groups is 1. The van der Waals surface area contributed by atoms with Crippen molar-refractivity contribution in [1.82, 2.24) is 14.9 Å². The molecule has 0 radical (unpaired) electrons. The SMILES string of the molecule is Cc1cc(-c2[nH]c3ccc(C(=O)C4CCCN4C(C)(C)C)cc3c2CC(F)F)cc(C)n1. The number of aryl methyl sites for hydroxylation is 2. The number of carbonyl (C=O) groups excluding carboxylic acids is 1. The summed E-state index contributed by atoms with van der Waals surface area (Å²) in [6, 6.07) is 9.10. The molecule has 4 rings (SSSR count). The molecule has 0 amide bonds. The van der Waals surface area contributed by atoms with Gasteiger partial charge in [-0.15, -0.1) is 0 Å². The van der Waals surface area contributed by atoms with E-state index in [-0.39, 0.29) is 23.8 Å². The molecule has 1 N–H and O–H groups in total. The highest BCUT2D eigenvalue weighted by atomic mass is 19.3. The smallest absolute Gasteiger partial charge is 0.242 e. The number of halogens is 2. The quantitative estimate of drug-likeness (QED) is 0.489. The molecule has 0 bridgehead atoms. The number of Topliss-reactive ketones (excluding diaryl/α,β-unsaturated/α-hetero) is 1. The number of pyridine rings is 1. The fraction of sp³-hybridized carbons (Fsp3) is 0.462. The summed E-state index contributed by atoms with van der Waals surface area (Å²) in [5.74, 6) is 0.0701. The molecule has 3 heterocycles. The van der Waals surface area contributed by atoms with Gasteiger partial charge in [-0.25, -0.2) is 8.78 Å². The van der Waals surface area contributed by atoms with Gasteiger partial charge in [-0.3, -0.25) is 14.7 Å². The number of hydrogen-bond acceptors (Lipinski definition) is 3. The predicted molar refractivity (Wildman–Crippen MR) is 125 cm³/mol. The number of rotatable bonds is 5. The number of ketones is 1.